The summed E-state index contributed by atoms with van der Waals surface area (Å²) >= 11 is 0. The van der Waals surface area contributed by atoms with E-state index in [1.165, 1.54) is 12.1 Å². The van der Waals surface area contributed by atoms with Gasteiger partial charge < -0.3 is 30.6 Å². The molecule has 0 saturated heterocycles. The molecule has 0 aliphatic rings. The van der Waals surface area contributed by atoms with Gasteiger partial charge in [-0.25, -0.2) is 9.59 Å². The first kappa shape index (κ1) is 29.6. The molecule has 10 heteroatoms. The second-order valence-electron chi connectivity index (χ2n) is 7.15. The van der Waals surface area contributed by atoms with Crippen LogP contribution in [0.15, 0.2) is 48.5 Å². The first-order valence-corrected chi connectivity index (χ1v) is 9.35. The Labute approximate surface area is 238 Å². The van der Waals surface area contributed by atoms with E-state index < -0.39 is 34.6 Å². The van der Waals surface area contributed by atoms with Gasteiger partial charge in [0.05, 0.1) is 11.1 Å². The number of phenolic OH excluding ortho intramolecular Hbond substituents is 2. The van der Waals surface area contributed by atoms with Crippen molar-refractivity contribution in [3.05, 3.63) is 70.8 Å². The smallest absolute Gasteiger partial charge is 0.871 e. The molecule has 0 spiro atoms. The largest absolute Gasteiger partial charge is 1.00 e. The van der Waals surface area contributed by atoms with Gasteiger partial charge in [-0.15, -0.1) is 0 Å². The predicted molar refractivity (Wildman–Crippen MR) is 114 cm³/mol. The third-order valence-corrected chi connectivity index (χ3v) is 5.06. The molecule has 4 aromatic carbocycles. The van der Waals surface area contributed by atoms with Crippen molar-refractivity contribution in [2.45, 2.75) is 13.8 Å². The topological polar surface area (TPSA) is 161 Å². The van der Waals surface area contributed by atoms with E-state index in [9.17, 15) is 30.0 Å². The van der Waals surface area contributed by atoms with Crippen LogP contribution in [0.5, 0.6) is 23.0 Å². The first-order chi connectivity index (χ1) is 15.0. The summed E-state index contributed by atoms with van der Waals surface area (Å²) in [5.74, 6) is -4.14. The van der Waals surface area contributed by atoms with Crippen molar-refractivity contribution in [3.63, 3.8) is 0 Å². The van der Waals surface area contributed by atoms with E-state index in [4.69, 9.17) is 10.2 Å². The van der Waals surface area contributed by atoms with Gasteiger partial charge in [0.2, 0.25) is 0 Å². The Bertz CT molecular complexity index is 1290. The number of carboxylic acids is 2. The van der Waals surface area contributed by atoms with Crippen LogP contribution in [-0.2, 0) is 0 Å². The zero-order chi connectivity index (χ0) is 23.7. The SMILES string of the molecule is Cc1cccc2c([O-])c(C(=O)O)cc(O)c12.Cc1cccc2c([O-])c(C(=O)O)cc(O)c12.[Na+].[Na+]. The zero-order valence-corrected chi connectivity index (χ0v) is 23.0. The number of fused-ring (bicyclic) bond motifs is 2. The summed E-state index contributed by atoms with van der Waals surface area (Å²) in [7, 11) is 0. The fraction of sp³-hybridized carbons (Fsp3) is 0.0833. The molecule has 0 aromatic heterocycles. The Morgan fingerprint density at radius 1 is 0.676 bits per heavy atom. The predicted octanol–water partition coefficient (Wildman–Crippen LogP) is -2.74. The molecule has 4 aromatic rings. The number of benzene rings is 4. The average molecular weight is 480 g/mol. The Morgan fingerprint density at radius 2 is 1.00 bits per heavy atom. The maximum absolute atomic E-state index is 11.8. The van der Waals surface area contributed by atoms with Crippen molar-refractivity contribution in [3.8, 4) is 23.0 Å². The normalized spacial score (nSPS) is 9.94. The summed E-state index contributed by atoms with van der Waals surface area (Å²) in [6.07, 6.45) is 0. The van der Waals surface area contributed by atoms with Crippen molar-refractivity contribution in [2.75, 3.05) is 0 Å². The number of aryl methyl sites for hydroxylation is 2. The fourth-order valence-electron chi connectivity index (χ4n) is 3.55. The molecule has 0 aliphatic carbocycles. The van der Waals surface area contributed by atoms with Crippen LogP contribution in [0.25, 0.3) is 21.5 Å². The van der Waals surface area contributed by atoms with Gasteiger partial charge in [-0.3, -0.25) is 0 Å². The third-order valence-electron chi connectivity index (χ3n) is 5.06. The van der Waals surface area contributed by atoms with Crippen LogP contribution in [0.2, 0.25) is 0 Å². The van der Waals surface area contributed by atoms with Gasteiger partial charge in [-0.05, 0) is 47.9 Å². The molecule has 0 amide bonds. The van der Waals surface area contributed by atoms with Crippen LogP contribution < -0.4 is 69.3 Å². The Morgan fingerprint density at radius 3 is 1.29 bits per heavy atom. The molecule has 0 heterocycles. The van der Waals surface area contributed by atoms with Crippen molar-refractivity contribution in [1.29, 1.82) is 0 Å². The van der Waals surface area contributed by atoms with Crippen LogP contribution in [0.1, 0.15) is 31.8 Å². The molecule has 4 N–H and O–H groups in total. The Balaban J connectivity index is 0.000000321. The van der Waals surface area contributed by atoms with Crippen molar-refractivity contribution in [2.24, 2.45) is 0 Å². The molecular weight excluding hydrogens is 462 g/mol. The van der Waals surface area contributed by atoms with E-state index in [0.29, 0.717) is 10.8 Å². The summed E-state index contributed by atoms with van der Waals surface area (Å²) in [4.78, 5) is 21.6. The fourth-order valence-corrected chi connectivity index (χ4v) is 3.55. The van der Waals surface area contributed by atoms with E-state index in [2.05, 4.69) is 0 Å². The number of carboxylic acid groups (broad SMARTS) is 2. The monoisotopic (exact) mass is 480 g/mol. The summed E-state index contributed by atoms with van der Waals surface area (Å²) in [5.41, 5.74) is 0.666. The number of rotatable bonds is 2. The van der Waals surface area contributed by atoms with E-state index in [-0.39, 0.29) is 81.4 Å². The van der Waals surface area contributed by atoms with Gasteiger partial charge in [0.15, 0.2) is 0 Å². The maximum Gasteiger partial charge on any atom is 1.00 e. The zero-order valence-electron chi connectivity index (χ0n) is 19.0. The molecule has 0 atom stereocenters. The Kier molecular flexibility index (Phi) is 10.3. The molecule has 4 rings (SSSR count). The van der Waals surface area contributed by atoms with Crippen LogP contribution >= 0.6 is 0 Å². The van der Waals surface area contributed by atoms with Crippen molar-refractivity contribution in [1.82, 2.24) is 0 Å². The van der Waals surface area contributed by atoms with Crippen LogP contribution in [0.3, 0.4) is 0 Å². The van der Waals surface area contributed by atoms with E-state index >= 15 is 0 Å². The van der Waals surface area contributed by atoms with Gasteiger partial charge in [0.1, 0.15) is 11.5 Å². The minimum atomic E-state index is -1.33. The van der Waals surface area contributed by atoms with Gasteiger partial charge in [0.25, 0.3) is 0 Å². The van der Waals surface area contributed by atoms with Gasteiger partial charge >= 0.3 is 71.1 Å². The molecule has 0 unspecified atom stereocenters. The molecule has 0 aliphatic heterocycles. The molecule has 8 nitrogen and oxygen atoms in total. The minimum Gasteiger partial charge on any atom is -0.871 e. The summed E-state index contributed by atoms with van der Waals surface area (Å²) in [5, 5.41) is 61.9. The summed E-state index contributed by atoms with van der Waals surface area (Å²) < 4.78 is 0. The standard InChI is InChI=1S/2C12H10O4.2Na/c2*1-6-3-2-4-7-10(6)9(13)5-8(11(7)14)12(15)16;;/h2*2-5,13-14H,1H3,(H,15,16);;/q;;2*+1/p-2. The number of hydrogen-bond acceptors (Lipinski definition) is 6. The molecule has 0 fully saturated rings. The molecule has 34 heavy (non-hydrogen) atoms. The van der Waals surface area contributed by atoms with Gasteiger partial charge in [-0.1, -0.05) is 47.9 Å². The van der Waals surface area contributed by atoms with Gasteiger partial charge in [-0.2, -0.15) is 0 Å². The maximum atomic E-state index is 11.8. The molecule has 164 valence electrons. The molecular formula is C24H18Na2O8. The second kappa shape index (κ2) is 11.8. The van der Waals surface area contributed by atoms with Gasteiger partial charge in [0, 0.05) is 10.8 Å². The quantitative estimate of drug-likeness (QED) is 0.225. The number of hydrogen-bond donors (Lipinski definition) is 4. The van der Waals surface area contributed by atoms with E-state index in [1.54, 1.807) is 38.1 Å². The second-order valence-corrected chi connectivity index (χ2v) is 7.15. The number of carbonyl (C=O) groups is 2. The number of phenols is 2. The third kappa shape index (κ3) is 5.60. The van der Waals surface area contributed by atoms with Crippen LogP contribution in [0, 0.1) is 13.8 Å². The molecule has 0 radical (unpaired) electrons. The average Bonchev–Trinajstić information content (AvgIpc) is 2.73. The summed E-state index contributed by atoms with van der Waals surface area (Å²) in [6.45, 7) is 3.50. The van der Waals surface area contributed by atoms with E-state index in [1.807, 2.05) is 0 Å². The number of aromatic carboxylic acids is 2. The summed E-state index contributed by atoms with van der Waals surface area (Å²) in [6, 6.07) is 11.8. The van der Waals surface area contributed by atoms with Crippen LogP contribution in [-0.4, -0.2) is 32.4 Å². The molecule has 0 bridgehead atoms. The first-order valence-electron chi connectivity index (χ1n) is 9.35. The van der Waals surface area contributed by atoms with Crippen molar-refractivity contribution < 1.29 is 99.3 Å². The van der Waals surface area contributed by atoms with Crippen molar-refractivity contribution >= 4 is 33.5 Å². The Hall–Kier alpha value is -2.46. The number of aromatic hydroxyl groups is 2. The molecule has 0 saturated carbocycles. The van der Waals surface area contributed by atoms with Crippen LogP contribution in [0.4, 0.5) is 0 Å². The van der Waals surface area contributed by atoms with E-state index in [0.717, 1.165) is 23.3 Å². The minimum absolute atomic E-state index is 0.